The van der Waals surface area contributed by atoms with E-state index in [-0.39, 0.29) is 44.1 Å². The third-order valence-corrected chi connectivity index (χ3v) is 8.75. The number of H-pyrrole nitrogens is 1. The molecule has 0 spiro atoms. The molecule has 0 unspecified atom stereocenters. The molecular formula is C33H49N7O7. The van der Waals surface area contributed by atoms with Crippen molar-refractivity contribution in [1.29, 1.82) is 0 Å². The molecule has 1 saturated heterocycles. The highest BCUT2D eigenvalue weighted by Crippen LogP contribution is 2.23. The number of nitrogens with one attached hydrogen (secondary N) is 4. The summed E-state index contributed by atoms with van der Waals surface area (Å²) >= 11 is 0. The number of carboxylic acid groups (broad SMARTS) is 1. The van der Waals surface area contributed by atoms with Gasteiger partial charge in [0, 0.05) is 36.5 Å². The van der Waals surface area contributed by atoms with Crippen molar-refractivity contribution in [2.24, 2.45) is 23.3 Å². The summed E-state index contributed by atoms with van der Waals surface area (Å²) in [4.78, 5) is 81.9. The number of rotatable bonds is 17. The smallest absolute Gasteiger partial charge is 0.326 e. The fraction of sp³-hybridized carbons (Fsp3) is 0.576. The van der Waals surface area contributed by atoms with Gasteiger partial charge in [0.1, 0.15) is 24.2 Å². The second-order valence-electron chi connectivity index (χ2n) is 12.8. The fourth-order valence-corrected chi connectivity index (χ4v) is 5.79. The maximum Gasteiger partial charge on any atom is 0.326 e. The zero-order chi connectivity index (χ0) is 34.8. The Hall–Kier alpha value is -4.46. The molecule has 0 radical (unpaired) electrons. The molecule has 0 aliphatic carbocycles. The largest absolute Gasteiger partial charge is 0.480 e. The van der Waals surface area contributed by atoms with E-state index < -0.39 is 65.7 Å². The van der Waals surface area contributed by atoms with Crippen LogP contribution in [0.5, 0.6) is 0 Å². The molecule has 47 heavy (non-hydrogen) atoms. The average Bonchev–Trinajstić information content (AvgIpc) is 3.68. The van der Waals surface area contributed by atoms with Crippen molar-refractivity contribution in [1.82, 2.24) is 25.8 Å². The lowest BCUT2D eigenvalue weighted by Crippen LogP contribution is -2.59. The molecule has 14 nitrogen and oxygen atoms in total. The molecule has 3 rings (SSSR count). The molecule has 6 atom stereocenters. The van der Waals surface area contributed by atoms with E-state index in [4.69, 9.17) is 11.5 Å². The zero-order valence-corrected chi connectivity index (χ0v) is 27.6. The molecule has 1 aliphatic heterocycles. The van der Waals surface area contributed by atoms with Crippen molar-refractivity contribution in [3.8, 4) is 0 Å². The van der Waals surface area contributed by atoms with E-state index in [1.54, 1.807) is 6.20 Å². The number of fused-ring (bicyclic) bond motifs is 1. The number of nitrogens with zero attached hydrogens (tertiary/aromatic N) is 1. The summed E-state index contributed by atoms with van der Waals surface area (Å²) in [7, 11) is 0. The zero-order valence-electron chi connectivity index (χ0n) is 27.6. The van der Waals surface area contributed by atoms with Gasteiger partial charge in [0.2, 0.25) is 29.5 Å². The molecule has 9 N–H and O–H groups in total. The Labute approximate surface area is 274 Å². The van der Waals surface area contributed by atoms with Gasteiger partial charge in [-0.3, -0.25) is 24.0 Å². The van der Waals surface area contributed by atoms with Gasteiger partial charge in [0.05, 0.1) is 6.04 Å². The van der Waals surface area contributed by atoms with Gasteiger partial charge in [-0.25, -0.2) is 4.79 Å². The number of hydrogen-bond acceptors (Lipinski definition) is 7. The van der Waals surface area contributed by atoms with E-state index in [1.165, 1.54) is 4.90 Å². The van der Waals surface area contributed by atoms with Gasteiger partial charge in [0.15, 0.2) is 0 Å². The van der Waals surface area contributed by atoms with Crippen LogP contribution < -0.4 is 27.4 Å². The monoisotopic (exact) mass is 655 g/mol. The van der Waals surface area contributed by atoms with Gasteiger partial charge >= 0.3 is 5.97 Å². The lowest BCUT2D eigenvalue weighted by molar-refractivity contribution is -0.145. The van der Waals surface area contributed by atoms with Crippen LogP contribution in [-0.2, 0) is 35.2 Å². The van der Waals surface area contributed by atoms with Gasteiger partial charge in [-0.1, -0.05) is 52.3 Å². The van der Waals surface area contributed by atoms with Crippen LogP contribution in [0.4, 0.5) is 0 Å². The highest BCUT2D eigenvalue weighted by molar-refractivity contribution is 5.96. The van der Waals surface area contributed by atoms with E-state index in [0.29, 0.717) is 19.3 Å². The Bertz CT molecular complexity index is 1440. The Kier molecular flexibility index (Phi) is 13.3. The van der Waals surface area contributed by atoms with Crippen LogP contribution in [-0.4, -0.2) is 87.2 Å². The standard InChI is InChI=1S/C33H49N7O7/c1-5-19(4)28(35)31(44)38-24(15-18(2)3)29(42)39-25(16-20-17-36-22-10-7-6-9-21(20)22)32(45)40-14-8-11-26(40)30(43)37-23(33(46)47)12-13-27(34)41/h6-7,9-10,17-19,23-26,28,36H,5,8,11-16,35H2,1-4H3,(H2,34,41)(H,37,43)(H,38,44)(H,39,42)(H,46,47)/t19-,23-,24-,25-,26-,28-/m0/s1. The minimum absolute atomic E-state index is 0.0250. The highest BCUT2D eigenvalue weighted by atomic mass is 16.4. The Morgan fingerprint density at radius 1 is 1.00 bits per heavy atom. The number of benzene rings is 1. The maximum atomic E-state index is 14.2. The predicted octanol–water partition coefficient (Wildman–Crippen LogP) is 0.925. The van der Waals surface area contributed by atoms with Crippen molar-refractivity contribution in [3.05, 3.63) is 36.0 Å². The minimum atomic E-state index is -1.36. The number of para-hydroxylation sites is 1. The molecule has 2 heterocycles. The summed E-state index contributed by atoms with van der Waals surface area (Å²) in [6, 6.07) is 2.28. The van der Waals surface area contributed by atoms with Crippen molar-refractivity contribution in [3.63, 3.8) is 0 Å². The number of carboxylic acids is 1. The molecule has 1 aromatic heterocycles. The third kappa shape index (κ3) is 10.0. The molecule has 0 bridgehead atoms. The van der Waals surface area contributed by atoms with Crippen molar-refractivity contribution in [2.75, 3.05) is 6.54 Å². The van der Waals surface area contributed by atoms with Crippen LogP contribution in [0.1, 0.15) is 71.8 Å². The van der Waals surface area contributed by atoms with Gasteiger partial charge in [-0.2, -0.15) is 0 Å². The molecule has 5 amide bonds. The summed E-state index contributed by atoms with van der Waals surface area (Å²) < 4.78 is 0. The average molecular weight is 656 g/mol. The van der Waals surface area contributed by atoms with Gasteiger partial charge < -0.3 is 42.4 Å². The number of amides is 5. The minimum Gasteiger partial charge on any atom is -0.480 e. The summed E-state index contributed by atoms with van der Waals surface area (Å²) in [6.07, 6.45) is 3.17. The van der Waals surface area contributed by atoms with Crippen LogP contribution in [0.2, 0.25) is 0 Å². The first-order valence-corrected chi connectivity index (χ1v) is 16.3. The number of aliphatic carboxylic acids is 1. The van der Waals surface area contributed by atoms with E-state index in [0.717, 1.165) is 16.5 Å². The summed E-state index contributed by atoms with van der Waals surface area (Å²) in [5, 5.41) is 18.5. The van der Waals surface area contributed by atoms with Crippen LogP contribution >= 0.6 is 0 Å². The van der Waals surface area contributed by atoms with Crippen molar-refractivity contribution < 1.29 is 33.9 Å². The van der Waals surface area contributed by atoms with Gasteiger partial charge in [0.25, 0.3) is 0 Å². The maximum absolute atomic E-state index is 14.2. The lowest BCUT2D eigenvalue weighted by Gasteiger charge is -2.31. The Morgan fingerprint density at radius 3 is 2.32 bits per heavy atom. The molecule has 258 valence electrons. The second kappa shape index (κ2) is 16.9. The highest BCUT2D eigenvalue weighted by Gasteiger charge is 2.40. The number of hydrogen-bond donors (Lipinski definition) is 7. The molecule has 1 aromatic carbocycles. The third-order valence-electron chi connectivity index (χ3n) is 8.75. The van der Waals surface area contributed by atoms with Crippen LogP contribution in [0.25, 0.3) is 10.9 Å². The topological polar surface area (TPSA) is 230 Å². The number of aromatic amines is 1. The number of likely N-dealkylation sites (tertiary alicyclic amines) is 1. The SMILES string of the molecule is CC[C@H](C)[C@H](N)C(=O)N[C@@H](CC(C)C)C(=O)N[C@@H](Cc1c[nH]c2ccccc12)C(=O)N1CCC[C@H]1C(=O)N[C@@H](CCC(N)=O)C(=O)O. The second-order valence-corrected chi connectivity index (χ2v) is 12.8. The number of aromatic nitrogens is 1. The summed E-state index contributed by atoms with van der Waals surface area (Å²) in [5.41, 5.74) is 12.9. The number of nitrogens with two attached hydrogens (primary N) is 2. The Balaban J connectivity index is 1.89. The van der Waals surface area contributed by atoms with Crippen molar-refractivity contribution >= 4 is 46.4 Å². The van der Waals surface area contributed by atoms with Crippen molar-refractivity contribution in [2.45, 2.75) is 103 Å². The van der Waals surface area contributed by atoms with E-state index in [2.05, 4.69) is 20.9 Å². The molecule has 14 heteroatoms. The molecule has 1 fully saturated rings. The number of primary amides is 1. The van der Waals surface area contributed by atoms with Gasteiger partial charge in [-0.15, -0.1) is 0 Å². The fourth-order valence-electron chi connectivity index (χ4n) is 5.79. The van der Waals surface area contributed by atoms with E-state index in [1.807, 2.05) is 52.0 Å². The van der Waals surface area contributed by atoms with Crippen LogP contribution in [0.3, 0.4) is 0 Å². The summed E-state index contributed by atoms with van der Waals surface area (Å²) in [5.74, 6) is -4.32. The molecule has 0 saturated carbocycles. The van der Waals surface area contributed by atoms with Crippen LogP contribution in [0.15, 0.2) is 30.5 Å². The number of carbonyl (C=O) groups is 6. The molecule has 1 aliphatic rings. The first-order valence-electron chi connectivity index (χ1n) is 16.3. The van der Waals surface area contributed by atoms with E-state index >= 15 is 0 Å². The lowest BCUT2D eigenvalue weighted by atomic mass is 9.97. The number of carbonyl (C=O) groups excluding carboxylic acids is 5. The molecular weight excluding hydrogens is 606 g/mol. The predicted molar refractivity (Wildman–Crippen MR) is 175 cm³/mol. The Morgan fingerprint density at radius 2 is 1.68 bits per heavy atom. The molecule has 2 aromatic rings. The normalized spacial score (nSPS) is 17.8. The first kappa shape index (κ1) is 37.0. The summed E-state index contributed by atoms with van der Waals surface area (Å²) in [6.45, 7) is 7.82. The quantitative estimate of drug-likeness (QED) is 0.129. The van der Waals surface area contributed by atoms with Gasteiger partial charge in [-0.05, 0) is 49.1 Å². The van der Waals surface area contributed by atoms with E-state index in [9.17, 15) is 33.9 Å². The first-order chi connectivity index (χ1) is 22.2. The van der Waals surface area contributed by atoms with Crippen LogP contribution in [0, 0.1) is 11.8 Å².